The lowest BCUT2D eigenvalue weighted by atomic mass is 9.96. The first-order valence-electron chi connectivity index (χ1n) is 9.44. The average Bonchev–Trinajstić information content (AvgIpc) is 3.13. The van der Waals surface area contributed by atoms with Crippen molar-refractivity contribution in [3.05, 3.63) is 41.5 Å². The molecule has 2 heterocycles. The number of esters is 1. The summed E-state index contributed by atoms with van der Waals surface area (Å²) >= 11 is 0. The van der Waals surface area contributed by atoms with Crippen LogP contribution in [0.1, 0.15) is 37.2 Å². The summed E-state index contributed by atoms with van der Waals surface area (Å²) in [6.07, 6.45) is 1.76. The molecule has 28 heavy (non-hydrogen) atoms. The van der Waals surface area contributed by atoms with E-state index in [1.807, 2.05) is 0 Å². The smallest absolute Gasteiger partial charge is 0.310 e. The minimum absolute atomic E-state index is 0.159. The number of carbonyl (C=O) groups excluding carboxylic acids is 2. The molecule has 2 unspecified atom stereocenters. The van der Waals surface area contributed by atoms with Crippen molar-refractivity contribution in [1.82, 2.24) is 25.1 Å². The van der Waals surface area contributed by atoms with Crippen LogP contribution in [0.5, 0.6) is 0 Å². The van der Waals surface area contributed by atoms with Crippen LogP contribution in [0.3, 0.4) is 0 Å². The molecule has 1 fully saturated rings. The average molecular weight is 389 g/mol. The van der Waals surface area contributed by atoms with E-state index in [0.29, 0.717) is 38.4 Å². The summed E-state index contributed by atoms with van der Waals surface area (Å²) in [5, 5.41) is 11.5. The third-order valence-electron chi connectivity index (χ3n) is 4.93. The van der Waals surface area contributed by atoms with Crippen molar-refractivity contribution < 1.29 is 18.7 Å². The molecular formula is C19H24FN5O3. The first kappa shape index (κ1) is 19.9. The fourth-order valence-electron chi connectivity index (χ4n) is 3.49. The highest BCUT2D eigenvalue weighted by Crippen LogP contribution is 2.23. The molecule has 9 heteroatoms. The summed E-state index contributed by atoms with van der Waals surface area (Å²) in [5.74, 6) is -0.570. The molecule has 150 valence electrons. The van der Waals surface area contributed by atoms with Crippen molar-refractivity contribution in [2.75, 3.05) is 19.7 Å². The second-order valence-electron chi connectivity index (χ2n) is 6.89. The molecule has 0 N–H and O–H groups in total. The van der Waals surface area contributed by atoms with Crippen LogP contribution in [0.2, 0.25) is 0 Å². The molecule has 1 aromatic carbocycles. The summed E-state index contributed by atoms with van der Waals surface area (Å²) in [6, 6.07) is 5.35. The van der Waals surface area contributed by atoms with E-state index < -0.39 is 6.04 Å². The van der Waals surface area contributed by atoms with Crippen molar-refractivity contribution in [3.8, 4) is 0 Å². The molecule has 0 saturated carbocycles. The molecule has 3 rings (SSSR count). The molecular weight excluding hydrogens is 365 g/mol. The third kappa shape index (κ3) is 4.52. The van der Waals surface area contributed by atoms with Gasteiger partial charge in [0.25, 0.3) is 0 Å². The van der Waals surface area contributed by atoms with Crippen molar-refractivity contribution in [2.45, 2.75) is 39.2 Å². The Morgan fingerprint density at radius 3 is 2.71 bits per heavy atom. The lowest BCUT2D eigenvalue weighted by molar-refractivity contribution is -0.151. The molecule has 1 aliphatic rings. The van der Waals surface area contributed by atoms with E-state index in [2.05, 4.69) is 15.5 Å². The number of halogens is 1. The molecule has 1 aliphatic heterocycles. The van der Waals surface area contributed by atoms with Gasteiger partial charge in [0.15, 0.2) is 0 Å². The Balaban J connectivity index is 1.81. The van der Waals surface area contributed by atoms with Crippen molar-refractivity contribution in [3.63, 3.8) is 0 Å². The maximum atomic E-state index is 13.3. The van der Waals surface area contributed by atoms with E-state index in [1.54, 1.807) is 30.9 Å². The number of likely N-dealkylation sites (tertiary alicyclic amines) is 1. The maximum absolute atomic E-state index is 13.3. The molecule has 0 radical (unpaired) electrons. The van der Waals surface area contributed by atoms with Crippen molar-refractivity contribution in [2.24, 2.45) is 5.92 Å². The lowest BCUT2D eigenvalue weighted by Crippen LogP contribution is -2.46. The number of ether oxygens (including phenoxy) is 1. The van der Waals surface area contributed by atoms with Crippen molar-refractivity contribution >= 4 is 11.9 Å². The number of tetrazole rings is 1. The molecule has 0 aliphatic carbocycles. The number of hydrogen-bond donors (Lipinski definition) is 0. The number of aryl methyl sites for hydroxylation is 1. The van der Waals surface area contributed by atoms with Gasteiger partial charge < -0.3 is 9.64 Å². The van der Waals surface area contributed by atoms with Crippen LogP contribution in [0.4, 0.5) is 4.39 Å². The standard InChI is InChI=1S/C19H24FN5O3/c1-3-28-19(27)15-5-4-10-24(12-15)18(26)17(25-13(2)21-22-23-25)11-14-6-8-16(20)9-7-14/h6-9,15,17H,3-5,10-12H2,1-2H3. The Hall–Kier alpha value is -2.84. The van der Waals surface area contributed by atoms with Gasteiger partial charge in [0.1, 0.15) is 17.7 Å². The molecule has 0 spiro atoms. The van der Waals surface area contributed by atoms with Gasteiger partial charge in [0, 0.05) is 19.5 Å². The highest BCUT2D eigenvalue weighted by Gasteiger charge is 2.34. The van der Waals surface area contributed by atoms with E-state index in [9.17, 15) is 14.0 Å². The molecule has 0 bridgehead atoms. The van der Waals surface area contributed by atoms with Gasteiger partial charge >= 0.3 is 5.97 Å². The van der Waals surface area contributed by atoms with Crippen LogP contribution in [0.25, 0.3) is 0 Å². The second kappa shape index (κ2) is 8.90. The van der Waals surface area contributed by atoms with Crippen LogP contribution < -0.4 is 0 Å². The van der Waals surface area contributed by atoms with E-state index in [4.69, 9.17) is 4.74 Å². The number of benzene rings is 1. The Morgan fingerprint density at radius 1 is 1.32 bits per heavy atom. The Kier molecular flexibility index (Phi) is 6.33. The normalized spacial score (nSPS) is 18.0. The van der Waals surface area contributed by atoms with Crippen LogP contribution in [0.15, 0.2) is 24.3 Å². The first-order chi connectivity index (χ1) is 13.5. The predicted molar refractivity (Wildman–Crippen MR) is 97.6 cm³/mol. The quantitative estimate of drug-likeness (QED) is 0.699. The molecule has 1 saturated heterocycles. The molecule has 2 aromatic rings. The van der Waals surface area contributed by atoms with Crippen LogP contribution in [0, 0.1) is 18.7 Å². The fraction of sp³-hybridized carbons (Fsp3) is 0.526. The van der Waals surface area contributed by atoms with Gasteiger partial charge in [-0.1, -0.05) is 12.1 Å². The number of piperidine rings is 1. The summed E-state index contributed by atoms with van der Waals surface area (Å²) < 4.78 is 19.8. The van der Waals surface area contributed by atoms with Crippen LogP contribution in [-0.2, 0) is 20.7 Å². The first-order valence-corrected chi connectivity index (χ1v) is 9.44. The van der Waals surface area contributed by atoms with Gasteiger partial charge in [-0.3, -0.25) is 9.59 Å². The van der Waals surface area contributed by atoms with Gasteiger partial charge in [-0.15, -0.1) is 5.10 Å². The summed E-state index contributed by atoms with van der Waals surface area (Å²) in [7, 11) is 0. The number of aromatic nitrogens is 4. The number of amides is 1. The number of carbonyl (C=O) groups is 2. The highest BCUT2D eigenvalue weighted by atomic mass is 19.1. The van der Waals surface area contributed by atoms with Gasteiger partial charge in [-0.05, 0) is 54.8 Å². The fourth-order valence-corrected chi connectivity index (χ4v) is 3.49. The van der Waals surface area contributed by atoms with Gasteiger partial charge in [-0.25, -0.2) is 9.07 Å². The zero-order valence-electron chi connectivity index (χ0n) is 16.0. The molecule has 8 nitrogen and oxygen atoms in total. The monoisotopic (exact) mass is 389 g/mol. The topological polar surface area (TPSA) is 90.2 Å². The van der Waals surface area contributed by atoms with Gasteiger partial charge in [0.05, 0.1) is 12.5 Å². The molecule has 1 amide bonds. The van der Waals surface area contributed by atoms with Crippen LogP contribution in [-0.4, -0.2) is 56.7 Å². The van der Waals surface area contributed by atoms with E-state index in [0.717, 1.165) is 12.0 Å². The predicted octanol–water partition coefficient (Wildman–Crippen LogP) is 1.71. The van der Waals surface area contributed by atoms with E-state index in [1.165, 1.54) is 16.8 Å². The minimum atomic E-state index is -0.665. The van der Waals surface area contributed by atoms with Gasteiger partial charge in [0.2, 0.25) is 5.91 Å². The summed E-state index contributed by atoms with van der Waals surface area (Å²) in [5.41, 5.74) is 0.800. The van der Waals surface area contributed by atoms with Crippen LogP contribution >= 0.6 is 0 Å². The van der Waals surface area contributed by atoms with E-state index in [-0.39, 0.29) is 23.6 Å². The van der Waals surface area contributed by atoms with E-state index >= 15 is 0 Å². The summed E-state index contributed by atoms with van der Waals surface area (Å²) in [6.45, 7) is 4.69. The Bertz CT molecular complexity index is 823. The SMILES string of the molecule is CCOC(=O)C1CCCN(C(=O)C(Cc2ccc(F)cc2)n2nnnc2C)C1. The number of hydrogen-bond acceptors (Lipinski definition) is 6. The molecule has 2 atom stereocenters. The minimum Gasteiger partial charge on any atom is -0.466 e. The maximum Gasteiger partial charge on any atom is 0.310 e. The van der Waals surface area contributed by atoms with Crippen molar-refractivity contribution in [1.29, 1.82) is 0 Å². The Labute approximate surface area is 162 Å². The van der Waals surface area contributed by atoms with Gasteiger partial charge in [-0.2, -0.15) is 0 Å². The summed E-state index contributed by atoms with van der Waals surface area (Å²) in [4.78, 5) is 27.1. The Morgan fingerprint density at radius 2 is 2.07 bits per heavy atom. The lowest BCUT2D eigenvalue weighted by Gasteiger charge is -2.34. The number of nitrogens with zero attached hydrogens (tertiary/aromatic N) is 5. The molecule has 1 aromatic heterocycles. The largest absolute Gasteiger partial charge is 0.466 e. The zero-order valence-corrected chi connectivity index (χ0v) is 16.0. The highest BCUT2D eigenvalue weighted by molar-refractivity contribution is 5.82. The zero-order chi connectivity index (χ0) is 20.1. The number of rotatable bonds is 6. The second-order valence-corrected chi connectivity index (χ2v) is 6.89. The third-order valence-corrected chi connectivity index (χ3v) is 4.93.